The molecule has 1 aromatic carbocycles. The first-order chi connectivity index (χ1) is 6.65. The third-order valence-electron chi connectivity index (χ3n) is 2.08. The molecule has 74 valence electrons. The van der Waals surface area contributed by atoms with Crippen molar-refractivity contribution >= 4 is 26.8 Å². The highest BCUT2D eigenvalue weighted by atomic mass is 79.9. The van der Waals surface area contributed by atoms with Gasteiger partial charge in [-0.05, 0) is 22.0 Å². The van der Waals surface area contributed by atoms with Gasteiger partial charge in [-0.25, -0.2) is 4.39 Å². The molecule has 0 N–H and O–H groups in total. The zero-order valence-electron chi connectivity index (χ0n) is 7.71. The Kier molecular flexibility index (Phi) is 2.19. The summed E-state index contributed by atoms with van der Waals surface area (Å²) in [7, 11) is 3.13. The maximum atomic E-state index is 13.8. The molecular formula is C9H8BrFN2O. The number of aryl methyl sites for hydroxylation is 1. The normalized spacial score (nSPS) is 10.9. The molecule has 0 atom stereocenters. The summed E-state index contributed by atoms with van der Waals surface area (Å²) in [5.74, 6) is -0.182. The van der Waals surface area contributed by atoms with Crippen LogP contribution in [0.3, 0.4) is 0 Å². The molecule has 0 spiro atoms. The fraction of sp³-hybridized carbons (Fsp3) is 0.222. The summed E-state index contributed by atoms with van der Waals surface area (Å²) in [6.45, 7) is 0. The van der Waals surface area contributed by atoms with Crippen LogP contribution in [0.2, 0.25) is 0 Å². The Bertz CT molecular complexity index is 495. The quantitative estimate of drug-likeness (QED) is 0.786. The molecule has 0 unspecified atom stereocenters. The van der Waals surface area contributed by atoms with E-state index in [2.05, 4.69) is 21.0 Å². The Morgan fingerprint density at radius 1 is 1.57 bits per heavy atom. The van der Waals surface area contributed by atoms with Gasteiger partial charge < -0.3 is 4.74 Å². The fourth-order valence-corrected chi connectivity index (χ4v) is 2.01. The molecule has 2 aromatic rings. The molecule has 0 bridgehead atoms. The largest absolute Gasteiger partial charge is 0.492 e. The Morgan fingerprint density at radius 2 is 2.29 bits per heavy atom. The summed E-state index contributed by atoms with van der Waals surface area (Å²) >= 11 is 3.24. The van der Waals surface area contributed by atoms with Gasteiger partial charge in [-0.3, -0.25) is 4.68 Å². The maximum absolute atomic E-state index is 13.8. The topological polar surface area (TPSA) is 27.1 Å². The van der Waals surface area contributed by atoms with E-state index in [0.717, 1.165) is 5.39 Å². The molecule has 0 radical (unpaired) electrons. The lowest BCUT2D eigenvalue weighted by molar-refractivity contribution is 0.385. The third-order valence-corrected chi connectivity index (χ3v) is 2.67. The number of hydrogen-bond donors (Lipinski definition) is 0. The molecule has 0 aliphatic heterocycles. The van der Waals surface area contributed by atoms with Crippen molar-refractivity contribution in [3.8, 4) is 5.75 Å². The number of benzene rings is 1. The predicted molar refractivity (Wildman–Crippen MR) is 54.9 cm³/mol. The molecule has 0 fully saturated rings. The highest BCUT2D eigenvalue weighted by Gasteiger charge is 2.15. The van der Waals surface area contributed by atoms with Gasteiger partial charge in [0.25, 0.3) is 0 Å². The summed E-state index contributed by atoms with van der Waals surface area (Å²) in [5.41, 5.74) is 0.449. The van der Waals surface area contributed by atoms with Crippen molar-refractivity contribution in [1.82, 2.24) is 9.78 Å². The zero-order valence-corrected chi connectivity index (χ0v) is 9.30. The summed E-state index contributed by atoms with van der Waals surface area (Å²) < 4.78 is 20.8. The zero-order chi connectivity index (χ0) is 10.3. The number of nitrogens with zero attached hydrogens (tertiary/aromatic N) is 2. The van der Waals surface area contributed by atoms with Crippen LogP contribution in [0.25, 0.3) is 10.9 Å². The number of rotatable bonds is 1. The molecule has 0 amide bonds. The molecule has 0 aliphatic rings. The number of hydrogen-bond acceptors (Lipinski definition) is 2. The van der Waals surface area contributed by atoms with Crippen molar-refractivity contribution in [3.05, 3.63) is 22.6 Å². The highest BCUT2D eigenvalue weighted by molar-refractivity contribution is 9.10. The second kappa shape index (κ2) is 3.24. The van der Waals surface area contributed by atoms with Gasteiger partial charge in [0.05, 0.1) is 17.8 Å². The van der Waals surface area contributed by atoms with Crippen molar-refractivity contribution in [2.45, 2.75) is 0 Å². The average molecular weight is 259 g/mol. The van der Waals surface area contributed by atoms with Crippen LogP contribution in [0.5, 0.6) is 5.75 Å². The SMILES string of the molecule is COc1c(Br)cc2cnn(C)c2c1F. The van der Waals surface area contributed by atoms with Crippen LogP contribution >= 0.6 is 15.9 Å². The molecule has 5 heteroatoms. The van der Waals surface area contributed by atoms with Crippen LogP contribution in [0.15, 0.2) is 16.7 Å². The Labute approximate surface area is 88.6 Å². The van der Waals surface area contributed by atoms with E-state index < -0.39 is 5.82 Å². The lowest BCUT2D eigenvalue weighted by Gasteiger charge is -2.05. The first-order valence-electron chi connectivity index (χ1n) is 3.99. The van der Waals surface area contributed by atoms with E-state index in [0.29, 0.717) is 9.99 Å². The van der Waals surface area contributed by atoms with Crippen molar-refractivity contribution in [2.24, 2.45) is 7.05 Å². The van der Waals surface area contributed by atoms with E-state index in [1.807, 2.05) is 0 Å². The lowest BCUT2D eigenvalue weighted by atomic mass is 10.2. The van der Waals surface area contributed by atoms with Crippen LogP contribution in [-0.4, -0.2) is 16.9 Å². The smallest absolute Gasteiger partial charge is 0.192 e. The molecule has 1 aromatic heterocycles. The van der Waals surface area contributed by atoms with Crippen LogP contribution in [0.1, 0.15) is 0 Å². The van der Waals surface area contributed by atoms with E-state index in [-0.39, 0.29) is 5.75 Å². The summed E-state index contributed by atoms with van der Waals surface area (Å²) in [6.07, 6.45) is 1.61. The number of halogens is 2. The number of methoxy groups -OCH3 is 1. The van der Waals surface area contributed by atoms with Crippen molar-refractivity contribution < 1.29 is 9.13 Å². The summed E-state index contributed by atoms with van der Waals surface area (Å²) in [5, 5.41) is 4.72. The minimum absolute atomic E-state index is 0.209. The van der Waals surface area contributed by atoms with Crippen LogP contribution in [-0.2, 0) is 7.05 Å². The fourth-order valence-electron chi connectivity index (χ4n) is 1.43. The van der Waals surface area contributed by atoms with Gasteiger partial charge >= 0.3 is 0 Å². The van der Waals surface area contributed by atoms with Crippen molar-refractivity contribution in [3.63, 3.8) is 0 Å². The van der Waals surface area contributed by atoms with Crippen LogP contribution in [0, 0.1) is 5.82 Å². The molecule has 2 rings (SSSR count). The van der Waals surface area contributed by atoms with E-state index in [9.17, 15) is 4.39 Å². The van der Waals surface area contributed by atoms with E-state index in [4.69, 9.17) is 4.74 Å². The molecule has 3 nitrogen and oxygen atoms in total. The van der Waals surface area contributed by atoms with E-state index in [1.54, 1.807) is 19.3 Å². The first kappa shape index (κ1) is 9.45. The Hall–Kier alpha value is -1.10. The van der Waals surface area contributed by atoms with Crippen LogP contribution < -0.4 is 4.74 Å². The Morgan fingerprint density at radius 3 is 2.93 bits per heavy atom. The second-order valence-corrected chi connectivity index (χ2v) is 3.77. The van der Waals surface area contributed by atoms with Gasteiger partial charge in [0, 0.05) is 12.4 Å². The predicted octanol–water partition coefficient (Wildman–Crippen LogP) is 2.48. The third kappa shape index (κ3) is 1.19. The maximum Gasteiger partial charge on any atom is 0.192 e. The molecule has 0 saturated carbocycles. The van der Waals surface area contributed by atoms with Gasteiger partial charge in [0.1, 0.15) is 5.52 Å². The number of ether oxygens (including phenoxy) is 1. The molecular weight excluding hydrogens is 251 g/mol. The van der Waals surface area contributed by atoms with Crippen molar-refractivity contribution in [2.75, 3.05) is 7.11 Å². The molecule has 0 saturated heterocycles. The Balaban J connectivity index is 2.89. The first-order valence-corrected chi connectivity index (χ1v) is 4.78. The molecule has 1 heterocycles. The second-order valence-electron chi connectivity index (χ2n) is 2.91. The standard InChI is InChI=1S/C9H8BrFN2O/c1-13-8-5(4-12-13)3-6(10)9(14-2)7(8)11/h3-4H,1-2H3. The van der Waals surface area contributed by atoms with Crippen molar-refractivity contribution in [1.29, 1.82) is 0 Å². The van der Waals surface area contributed by atoms with Gasteiger partial charge in [0.15, 0.2) is 11.6 Å². The number of fused-ring (bicyclic) bond motifs is 1. The average Bonchev–Trinajstić information content (AvgIpc) is 2.48. The lowest BCUT2D eigenvalue weighted by Crippen LogP contribution is -1.95. The minimum atomic E-state index is -0.392. The summed E-state index contributed by atoms with van der Waals surface area (Å²) in [6, 6.07) is 1.78. The highest BCUT2D eigenvalue weighted by Crippen LogP contribution is 2.33. The van der Waals surface area contributed by atoms with E-state index in [1.165, 1.54) is 11.8 Å². The van der Waals surface area contributed by atoms with Gasteiger partial charge in [0.2, 0.25) is 0 Å². The molecule has 14 heavy (non-hydrogen) atoms. The van der Waals surface area contributed by atoms with E-state index >= 15 is 0 Å². The molecule has 0 aliphatic carbocycles. The minimum Gasteiger partial charge on any atom is -0.492 e. The van der Waals surface area contributed by atoms with Gasteiger partial charge in [-0.1, -0.05) is 0 Å². The summed E-state index contributed by atoms with van der Waals surface area (Å²) in [4.78, 5) is 0. The van der Waals surface area contributed by atoms with Crippen LogP contribution in [0.4, 0.5) is 4.39 Å². The van der Waals surface area contributed by atoms with Gasteiger partial charge in [-0.2, -0.15) is 5.10 Å². The van der Waals surface area contributed by atoms with Gasteiger partial charge in [-0.15, -0.1) is 0 Å². The monoisotopic (exact) mass is 258 g/mol. The number of aromatic nitrogens is 2.